The monoisotopic (exact) mass is 205 g/mol. The maximum absolute atomic E-state index is 5.91. The molecule has 0 fully saturated rings. The number of rotatable bonds is 2. The first-order chi connectivity index (χ1) is 6.81. The van der Waals surface area contributed by atoms with Crippen molar-refractivity contribution >= 4 is 0 Å². The minimum Gasteiger partial charge on any atom is -0.488 e. The summed E-state index contributed by atoms with van der Waals surface area (Å²) in [7, 11) is 0. The second-order valence-electron chi connectivity index (χ2n) is 5.14. The van der Waals surface area contributed by atoms with Crippen LogP contribution in [0, 0.1) is 12.8 Å². The zero-order valence-electron chi connectivity index (χ0n) is 10.6. The number of hydrogen-bond acceptors (Lipinski definition) is 1. The van der Waals surface area contributed by atoms with Crippen LogP contribution in [0.4, 0.5) is 0 Å². The Morgan fingerprint density at radius 2 is 1.73 bits per heavy atom. The normalized spacial score (nSPS) is 11.9. The second-order valence-corrected chi connectivity index (χ2v) is 5.14. The fourth-order valence-corrected chi connectivity index (χ4v) is 1.60. The average molecular weight is 205 g/mol. The first-order valence-corrected chi connectivity index (χ1v) is 5.40. The van der Waals surface area contributed by atoms with Crippen LogP contribution in [0.3, 0.4) is 0 Å². The Balaban J connectivity index is 3.05. The third-order valence-electron chi connectivity index (χ3n) is 2.24. The van der Waals surface area contributed by atoms with Gasteiger partial charge in [-0.25, -0.2) is 0 Å². The van der Waals surface area contributed by atoms with E-state index in [0.29, 0.717) is 0 Å². The minimum atomic E-state index is -0.134. The summed E-state index contributed by atoms with van der Waals surface area (Å²) in [6.07, 6.45) is 0. The van der Waals surface area contributed by atoms with E-state index < -0.39 is 0 Å². The lowest BCUT2D eigenvalue weighted by Crippen LogP contribution is -2.23. The zero-order valence-corrected chi connectivity index (χ0v) is 10.6. The molecule has 0 saturated carbocycles. The molecule has 0 N–H and O–H groups in total. The van der Waals surface area contributed by atoms with Crippen molar-refractivity contribution in [1.29, 1.82) is 0 Å². The SMILES string of the molecule is C[C](C)c1cccc(OC(C)(C)C)c1C. The molecule has 1 heteroatoms. The highest BCUT2D eigenvalue weighted by Gasteiger charge is 2.15. The van der Waals surface area contributed by atoms with Crippen LogP contribution in [-0.2, 0) is 0 Å². The molecule has 1 rings (SSSR count). The fourth-order valence-electron chi connectivity index (χ4n) is 1.60. The molecular weight excluding hydrogens is 184 g/mol. The van der Waals surface area contributed by atoms with Crippen molar-refractivity contribution in [3.63, 3.8) is 0 Å². The van der Waals surface area contributed by atoms with E-state index >= 15 is 0 Å². The summed E-state index contributed by atoms with van der Waals surface area (Å²) in [6, 6.07) is 6.23. The van der Waals surface area contributed by atoms with Crippen molar-refractivity contribution in [2.24, 2.45) is 0 Å². The largest absolute Gasteiger partial charge is 0.488 e. The summed E-state index contributed by atoms with van der Waals surface area (Å²) >= 11 is 0. The van der Waals surface area contributed by atoms with Crippen LogP contribution in [0.1, 0.15) is 45.7 Å². The average Bonchev–Trinajstić information content (AvgIpc) is 2.05. The Morgan fingerprint density at radius 1 is 1.13 bits per heavy atom. The summed E-state index contributed by atoms with van der Waals surface area (Å²) in [4.78, 5) is 0. The van der Waals surface area contributed by atoms with Gasteiger partial charge in [-0.1, -0.05) is 26.0 Å². The lowest BCUT2D eigenvalue weighted by atomic mass is 9.97. The Labute approximate surface area is 93.5 Å². The topological polar surface area (TPSA) is 9.23 Å². The predicted molar refractivity (Wildman–Crippen MR) is 65.3 cm³/mol. The number of benzene rings is 1. The van der Waals surface area contributed by atoms with E-state index in [4.69, 9.17) is 4.74 Å². The van der Waals surface area contributed by atoms with E-state index in [9.17, 15) is 0 Å². The molecular formula is C14H21O. The molecule has 0 amide bonds. The number of ether oxygens (including phenoxy) is 1. The van der Waals surface area contributed by atoms with Gasteiger partial charge in [-0.05, 0) is 50.8 Å². The van der Waals surface area contributed by atoms with Gasteiger partial charge in [-0.3, -0.25) is 0 Å². The molecule has 1 aromatic carbocycles. The van der Waals surface area contributed by atoms with Gasteiger partial charge < -0.3 is 4.74 Å². The van der Waals surface area contributed by atoms with Crippen LogP contribution < -0.4 is 4.74 Å². The summed E-state index contributed by atoms with van der Waals surface area (Å²) in [6.45, 7) is 12.6. The molecule has 0 heterocycles. The van der Waals surface area contributed by atoms with Crippen molar-refractivity contribution in [2.45, 2.75) is 47.1 Å². The molecule has 1 aromatic rings. The van der Waals surface area contributed by atoms with Gasteiger partial charge in [0.15, 0.2) is 0 Å². The molecule has 83 valence electrons. The summed E-state index contributed by atoms with van der Waals surface area (Å²) in [5.74, 6) is 2.31. The minimum absolute atomic E-state index is 0.134. The Kier molecular flexibility index (Phi) is 3.43. The first kappa shape index (κ1) is 12.1. The van der Waals surface area contributed by atoms with Crippen LogP contribution in [0.2, 0.25) is 0 Å². The van der Waals surface area contributed by atoms with Crippen LogP contribution in [0.15, 0.2) is 18.2 Å². The van der Waals surface area contributed by atoms with Gasteiger partial charge >= 0.3 is 0 Å². The van der Waals surface area contributed by atoms with E-state index in [1.54, 1.807) is 0 Å². The molecule has 0 bridgehead atoms. The molecule has 0 saturated heterocycles. The lowest BCUT2D eigenvalue weighted by Gasteiger charge is -2.24. The Morgan fingerprint density at radius 3 is 2.20 bits per heavy atom. The second kappa shape index (κ2) is 4.26. The molecule has 0 aliphatic heterocycles. The molecule has 0 aliphatic carbocycles. The van der Waals surface area contributed by atoms with Crippen LogP contribution >= 0.6 is 0 Å². The smallest absolute Gasteiger partial charge is 0.123 e. The summed E-state index contributed by atoms with van der Waals surface area (Å²) in [5, 5.41) is 0. The first-order valence-electron chi connectivity index (χ1n) is 5.40. The molecule has 0 aromatic heterocycles. The molecule has 1 nitrogen and oxygen atoms in total. The molecule has 0 spiro atoms. The van der Waals surface area contributed by atoms with Gasteiger partial charge in [0, 0.05) is 0 Å². The van der Waals surface area contributed by atoms with Crippen molar-refractivity contribution in [2.75, 3.05) is 0 Å². The summed E-state index contributed by atoms with van der Waals surface area (Å²) < 4.78 is 5.91. The van der Waals surface area contributed by atoms with Gasteiger partial charge in [0.25, 0.3) is 0 Å². The van der Waals surface area contributed by atoms with Crippen LogP contribution in [0.5, 0.6) is 5.75 Å². The highest BCUT2D eigenvalue weighted by atomic mass is 16.5. The van der Waals surface area contributed by atoms with Crippen LogP contribution in [0.25, 0.3) is 0 Å². The highest BCUT2D eigenvalue weighted by molar-refractivity contribution is 5.45. The summed E-state index contributed by atoms with van der Waals surface area (Å²) in [5.41, 5.74) is 2.38. The van der Waals surface area contributed by atoms with Gasteiger partial charge in [-0.15, -0.1) is 0 Å². The van der Waals surface area contributed by atoms with Crippen molar-refractivity contribution in [1.82, 2.24) is 0 Å². The van der Waals surface area contributed by atoms with E-state index in [0.717, 1.165) is 5.75 Å². The molecule has 1 radical (unpaired) electrons. The van der Waals surface area contributed by atoms with Crippen molar-refractivity contribution in [3.05, 3.63) is 35.2 Å². The molecule has 15 heavy (non-hydrogen) atoms. The van der Waals surface area contributed by atoms with E-state index in [1.807, 2.05) is 6.07 Å². The Bertz CT molecular complexity index is 332. The molecule has 0 atom stereocenters. The number of hydrogen-bond donors (Lipinski definition) is 0. The third kappa shape index (κ3) is 3.26. The van der Waals surface area contributed by atoms with Crippen molar-refractivity contribution in [3.8, 4) is 5.75 Å². The van der Waals surface area contributed by atoms with Gasteiger partial charge in [0.1, 0.15) is 11.4 Å². The quantitative estimate of drug-likeness (QED) is 0.705. The van der Waals surface area contributed by atoms with E-state index in [2.05, 4.69) is 53.7 Å². The fraction of sp³-hybridized carbons (Fsp3) is 0.500. The standard InChI is InChI=1S/C14H21O/c1-10(2)12-8-7-9-13(11(12)3)15-14(4,5)6/h7-9H,1-6H3. The van der Waals surface area contributed by atoms with Crippen molar-refractivity contribution < 1.29 is 4.74 Å². The predicted octanol–water partition coefficient (Wildman–Crippen LogP) is 4.13. The van der Waals surface area contributed by atoms with Gasteiger partial charge in [0.05, 0.1) is 0 Å². The molecule has 0 aliphatic rings. The lowest BCUT2D eigenvalue weighted by molar-refractivity contribution is 0.130. The highest BCUT2D eigenvalue weighted by Crippen LogP contribution is 2.28. The third-order valence-corrected chi connectivity index (χ3v) is 2.24. The van der Waals surface area contributed by atoms with Gasteiger partial charge in [0.2, 0.25) is 0 Å². The van der Waals surface area contributed by atoms with E-state index in [1.165, 1.54) is 17.0 Å². The maximum atomic E-state index is 5.91. The van der Waals surface area contributed by atoms with E-state index in [-0.39, 0.29) is 5.60 Å². The Hall–Kier alpha value is -0.980. The van der Waals surface area contributed by atoms with Crippen LogP contribution in [-0.4, -0.2) is 5.60 Å². The molecule has 0 unspecified atom stereocenters. The maximum Gasteiger partial charge on any atom is 0.123 e. The zero-order chi connectivity index (χ0) is 11.6. The van der Waals surface area contributed by atoms with Gasteiger partial charge in [-0.2, -0.15) is 0 Å².